The van der Waals surface area contributed by atoms with Gasteiger partial charge in [-0.15, -0.1) is 0 Å². The summed E-state index contributed by atoms with van der Waals surface area (Å²) in [5.74, 6) is -0.576. The molecule has 0 aromatic heterocycles. The summed E-state index contributed by atoms with van der Waals surface area (Å²) in [6, 6.07) is 12.5. The molecule has 2 atom stereocenters. The van der Waals surface area contributed by atoms with Crippen LogP contribution in [-0.4, -0.2) is 49.7 Å². The third kappa shape index (κ3) is 4.72. The first-order chi connectivity index (χ1) is 13.7. The number of carbonyl (C=O) groups is 2. The standard InChI is InChI=1S/C21H24N2O5S/c1-14-12-23(13-15(2)28-14)29(26,27)18-10-8-17(9-11-18)21(25)22-20-7-5-4-6-19(20)16(3)24/h4-11,14-15H,12-13H2,1-3H3,(H,22,25)/t14-,15-/m0/s1. The van der Waals surface area contributed by atoms with Crippen molar-refractivity contribution in [3.63, 3.8) is 0 Å². The number of hydrogen-bond donors (Lipinski definition) is 1. The van der Waals surface area contributed by atoms with Crippen LogP contribution in [0.15, 0.2) is 53.4 Å². The molecule has 0 radical (unpaired) electrons. The molecule has 1 fully saturated rings. The fraction of sp³-hybridized carbons (Fsp3) is 0.333. The summed E-state index contributed by atoms with van der Waals surface area (Å²) in [4.78, 5) is 24.4. The van der Waals surface area contributed by atoms with Crippen molar-refractivity contribution in [3.05, 3.63) is 59.7 Å². The summed E-state index contributed by atoms with van der Waals surface area (Å²) in [5.41, 5.74) is 1.12. The van der Waals surface area contributed by atoms with Crippen LogP contribution in [0, 0.1) is 0 Å². The van der Waals surface area contributed by atoms with Gasteiger partial charge in [0.25, 0.3) is 5.91 Å². The van der Waals surface area contributed by atoms with Crippen LogP contribution in [0.2, 0.25) is 0 Å². The zero-order valence-corrected chi connectivity index (χ0v) is 17.4. The van der Waals surface area contributed by atoms with E-state index in [9.17, 15) is 18.0 Å². The number of carbonyl (C=O) groups excluding carboxylic acids is 2. The molecule has 1 heterocycles. The second-order valence-corrected chi connectivity index (χ2v) is 9.10. The first-order valence-electron chi connectivity index (χ1n) is 9.35. The molecule has 0 spiro atoms. The number of amides is 1. The molecular formula is C21H24N2O5S. The highest BCUT2D eigenvalue weighted by Crippen LogP contribution is 2.22. The monoisotopic (exact) mass is 416 g/mol. The first kappa shape index (κ1) is 21.2. The maximum Gasteiger partial charge on any atom is 0.255 e. The number of rotatable bonds is 5. The number of nitrogens with one attached hydrogen (secondary N) is 1. The van der Waals surface area contributed by atoms with Gasteiger partial charge in [0.1, 0.15) is 0 Å². The molecule has 2 aromatic carbocycles. The van der Waals surface area contributed by atoms with Crippen molar-refractivity contribution in [3.8, 4) is 0 Å². The predicted molar refractivity (Wildman–Crippen MR) is 110 cm³/mol. The summed E-state index contributed by atoms with van der Waals surface area (Å²) >= 11 is 0. The third-order valence-electron chi connectivity index (χ3n) is 4.69. The Hall–Kier alpha value is -2.55. The SMILES string of the molecule is CC(=O)c1ccccc1NC(=O)c1ccc(S(=O)(=O)N2C[C@H](C)O[C@@H](C)C2)cc1. The van der Waals surface area contributed by atoms with Gasteiger partial charge in [-0.25, -0.2) is 8.42 Å². The zero-order chi connectivity index (χ0) is 21.2. The average Bonchev–Trinajstić information content (AvgIpc) is 2.67. The Bertz CT molecular complexity index is 1010. The third-order valence-corrected chi connectivity index (χ3v) is 6.54. The first-order valence-corrected chi connectivity index (χ1v) is 10.8. The molecule has 1 N–H and O–H groups in total. The lowest BCUT2D eigenvalue weighted by molar-refractivity contribution is -0.0440. The van der Waals surface area contributed by atoms with E-state index in [4.69, 9.17) is 4.74 Å². The Morgan fingerprint density at radius 3 is 2.17 bits per heavy atom. The Balaban J connectivity index is 1.78. The molecular weight excluding hydrogens is 392 g/mol. The largest absolute Gasteiger partial charge is 0.373 e. The van der Waals surface area contributed by atoms with Crippen molar-refractivity contribution in [2.24, 2.45) is 0 Å². The second kappa shape index (κ2) is 8.44. The highest BCUT2D eigenvalue weighted by atomic mass is 32.2. The molecule has 1 amide bonds. The zero-order valence-electron chi connectivity index (χ0n) is 16.6. The van der Waals surface area contributed by atoms with E-state index in [1.807, 2.05) is 13.8 Å². The highest BCUT2D eigenvalue weighted by molar-refractivity contribution is 7.89. The van der Waals surface area contributed by atoms with Gasteiger partial charge < -0.3 is 10.1 Å². The van der Waals surface area contributed by atoms with Gasteiger partial charge >= 0.3 is 0 Å². The lowest BCUT2D eigenvalue weighted by Crippen LogP contribution is -2.48. The van der Waals surface area contributed by atoms with E-state index in [1.54, 1.807) is 24.3 Å². The number of ether oxygens (including phenoxy) is 1. The molecule has 1 saturated heterocycles. The van der Waals surface area contributed by atoms with Gasteiger partial charge in [-0.1, -0.05) is 12.1 Å². The number of anilines is 1. The van der Waals surface area contributed by atoms with Crippen LogP contribution in [0.5, 0.6) is 0 Å². The number of hydrogen-bond acceptors (Lipinski definition) is 5. The molecule has 1 aliphatic heterocycles. The Morgan fingerprint density at radius 2 is 1.59 bits per heavy atom. The van der Waals surface area contributed by atoms with Gasteiger partial charge in [0.15, 0.2) is 5.78 Å². The van der Waals surface area contributed by atoms with Crippen LogP contribution in [0.1, 0.15) is 41.5 Å². The van der Waals surface area contributed by atoms with E-state index in [0.717, 1.165) is 0 Å². The van der Waals surface area contributed by atoms with Crippen LogP contribution in [0.4, 0.5) is 5.69 Å². The molecule has 7 nitrogen and oxygen atoms in total. The fourth-order valence-electron chi connectivity index (χ4n) is 3.35. The molecule has 0 aliphatic carbocycles. The topological polar surface area (TPSA) is 92.8 Å². The van der Waals surface area contributed by atoms with Crippen molar-refractivity contribution < 1.29 is 22.7 Å². The summed E-state index contributed by atoms with van der Waals surface area (Å²) < 4.78 is 32.8. The minimum Gasteiger partial charge on any atom is -0.373 e. The van der Waals surface area contributed by atoms with E-state index in [-0.39, 0.29) is 36.0 Å². The molecule has 2 aromatic rings. The highest BCUT2D eigenvalue weighted by Gasteiger charge is 2.32. The molecule has 3 rings (SSSR count). The summed E-state index contributed by atoms with van der Waals surface area (Å²) in [6.07, 6.45) is -0.361. The Kier molecular flexibility index (Phi) is 6.16. The van der Waals surface area contributed by atoms with Gasteiger partial charge in [-0.2, -0.15) is 4.31 Å². The summed E-state index contributed by atoms with van der Waals surface area (Å²) in [6.45, 7) is 5.68. The maximum absolute atomic E-state index is 12.9. The maximum atomic E-state index is 12.9. The lowest BCUT2D eigenvalue weighted by Gasteiger charge is -2.34. The van der Waals surface area contributed by atoms with Crippen molar-refractivity contribution in [2.45, 2.75) is 37.9 Å². The van der Waals surface area contributed by atoms with E-state index in [1.165, 1.54) is 35.5 Å². The lowest BCUT2D eigenvalue weighted by atomic mass is 10.1. The van der Waals surface area contributed by atoms with Gasteiger partial charge in [0.05, 0.1) is 22.8 Å². The van der Waals surface area contributed by atoms with Crippen LogP contribution >= 0.6 is 0 Å². The van der Waals surface area contributed by atoms with E-state index in [2.05, 4.69) is 5.32 Å². The van der Waals surface area contributed by atoms with Crippen molar-refractivity contribution in [2.75, 3.05) is 18.4 Å². The minimum absolute atomic E-state index is 0.125. The average molecular weight is 416 g/mol. The van der Waals surface area contributed by atoms with Crippen molar-refractivity contribution in [1.29, 1.82) is 0 Å². The molecule has 0 saturated carbocycles. The Morgan fingerprint density at radius 1 is 1.00 bits per heavy atom. The number of benzene rings is 2. The van der Waals surface area contributed by atoms with Crippen LogP contribution in [0.3, 0.4) is 0 Å². The number of sulfonamides is 1. The molecule has 8 heteroatoms. The number of morpholine rings is 1. The van der Waals surface area contributed by atoms with Gasteiger partial charge in [0, 0.05) is 24.2 Å². The van der Waals surface area contributed by atoms with Gasteiger partial charge in [0.2, 0.25) is 10.0 Å². The fourth-order valence-corrected chi connectivity index (χ4v) is 4.94. The predicted octanol–water partition coefficient (Wildman–Crippen LogP) is 2.94. The molecule has 154 valence electrons. The molecule has 1 aliphatic rings. The van der Waals surface area contributed by atoms with E-state index < -0.39 is 15.9 Å². The normalized spacial score (nSPS) is 20.2. The Labute approximate surface area is 170 Å². The van der Waals surface area contributed by atoms with Crippen molar-refractivity contribution >= 4 is 27.4 Å². The smallest absolute Gasteiger partial charge is 0.255 e. The molecule has 0 bridgehead atoms. The van der Waals surface area contributed by atoms with E-state index in [0.29, 0.717) is 16.8 Å². The quantitative estimate of drug-likeness (QED) is 0.757. The summed E-state index contributed by atoms with van der Waals surface area (Å²) in [7, 11) is -3.67. The minimum atomic E-state index is -3.67. The number of nitrogens with zero attached hydrogens (tertiary/aromatic N) is 1. The molecule has 29 heavy (non-hydrogen) atoms. The van der Waals surface area contributed by atoms with Crippen molar-refractivity contribution in [1.82, 2.24) is 4.31 Å². The van der Waals surface area contributed by atoms with Crippen LogP contribution in [-0.2, 0) is 14.8 Å². The van der Waals surface area contributed by atoms with Crippen LogP contribution < -0.4 is 5.32 Å². The summed E-state index contributed by atoms with van der Waals surface area (Å²) in [5, 5.41) is 2.71. The number of Topliss-reactive ketones (excluding diaryl/α,β-unsaturated/α-hetero) is 1. The van der Waals surface area contributed by atoms with E-state index >= 15 is 0 Å². The van der Waals surface area contributed by atoms with Gasteiger partial charge in [-0.3, -0.25) is 9.59 Å². The number of para-hydroxylation sites is 1. The van der Waals surface area contributed by atoms with Crippen LogP contribution in [0.25, 0.3) is 0 Å². The number of ketones is 1. The molecule has 0 unspecified atom stereocenters. The van der Waals surface area contributed by atoms with Gasteiger partial charge in [-0.05, 0) is 57.2 Å². The second-order valence-electron chi connectivity index (χ2n) is 7.16.